The van der Waals surface area contributed by atoms with Crippen LogP contribution >= 0.6 is 11.6 Å². The number of hydrogen-bond donors (Lipinski definition) is 1. The zero-order valence-corrected chi connectivity index (χ0v) is 8.28. The fraction of sp³-hybridized carbons (Fsp3) is 0.111. The lowest BCUT2D eigenvalue weighted by molar-refractivity contribution is 0.1000. The minimum atomic E-state index is -0.551. The van der Waals surface area contributed by atoms with Crippen molar-refractivity contribution >= 4 is 23.7 Å². The molecular formula is C9H9ClN2O2. The van der Waals surface area contributed by atoms with Crippen LogP contribution in [0.2, 0.25) is 5.02 Å². The number of amides is 1. The second-order valence-electron chi connectivity index (χ2n) is 2.51. The molecule has 4 nitrogen and oxygen atoms in total. The Kier molecular flexibility index (Phi) is 3.48. The van der Waals surface area contributed by atoms with Gasteiger partial charge in [0.15, 0.2) is 0 Å². The highest BCUT2D eigenvalue weighted by atomic mass is 35.5. The lowest BCUT2D eigenvalue weighted by Gasteiger charge is -2.01. The maximum atomic E-state index is 11.0. The Bertz CT molecular complexity index is 377. The van der Waals surface area contributed by atoms with E-state index in [1.165, 1.54) is 19.4 Å². The van der Waals surface area contributed by atoms with Crippen LogP contribution in [-0.2, 0) is 4.84 Å². The van der Waals surface area contributed by atoms with Crippen LogP contribution < -0.4 is 5.73 Å². The van der Waals surface area contributed by atoms with Crippen molar-refractivity contribution in [2.75, 3.05) is 7.11 Å². The number of rotatable bonds is 3. The molecule has 0 fully saturated rings. The molecule has 1 aromatic carbocycles. The molecule has 1 aromatic rings. The Hall–Kier alpha value is -1.55. The number of hydrogen-bond acceptors (Lipinski definition) is 3. The van der Waals surface area contributed by atoms with Gasteiger partial charge in [0.2, 0.25) is 5.91 Å². The molecule has 74 valence electrons. The Balaban J connectivity index is 3.15. The smallest absolute Gasteiger partial charge is 0.249 e. The molecule has 0 aliphatic rings. The quantitative estimate of drug-likeness (QED) is 0.608. The van der Waals surface area contributed by atoms with Gasteiger partial charge in [-0.05, 0) is 12.1 Å². The van der Waals surface area contributed by atoms with Gasteiger partial charge in [0.1, 0.15) is 7.11 Å². The van der Waals surface area contributed by atoms with Crippen LogP contribution in [0.25, 0.3) is 0 Å². The number of carbonyl (C=O) groups is 1. The predicted octanol–water partition coefficient (Wildman–Crippen LogP) is 1.42. The molecule has 0 saturated heterocycles. The van der Waals surface area contributed by atoms with Gasteiger partial charge in [-0.25, -0.2) is 0 Å². The van der Waals surface area contributed by atoms with E-state index < -0.39 is 5.91 Å². The molecule has 0 saturated carbocycles. The van der Waals surface area contributed by atoms with Crippen molar-refractivity contribution in [2.45, 2.75) is 0 Å². The average Bonchev–Trinajstić information content (AvgIpc) is 2.15. The van der Waals surface area contributed by atoms with Gasteiger partial charge in [-0.3, -0.25) is 4.79 Å². The molecule has 0 aromatic heterocycles. The Morgan fingerprint density at radius 1 is 1.64 bits per heavy atom. The summed E-state index contributed by atoms with van der Waals surface area (Å²) in [5.74, 6) is -0.551. The standard InChI is InChI=1S/C9H9ClN2O2/c1-14-12-5-6-2-3-7(10)4-8(6)9(11)13/h2-5H,1H3,(H2,11,13). The summed E-state index contributed by atoms with van der Waals surface area (Å²) in [6, 6.07) is 4.77. The van der Waals surface area contributed by atoms with E-state index in [9.17, 15) is 4.79 Å². The number of nitrogens with zero attached hydrogens (tertiary/aromatic N) is 1. The van der Waals surface area contributed by atoms with Gasteiger partial charge >= 0.3 is 0 Å². The summed E-state index contributed by atoms with van der Waals surface area (Å²) in [4.78, 5) is 15.5. The highest BCUT2D eigenvalue weighted by molar-refractivity contribution is 6.31. The number of oxime groups is 1. The Morgan fingerprint density at radius 3 is 2.93 bits per heavy atom. The third-order valence-electron chi connectivity index (χ3n) is 1.58. The molecule has 14 heavy (non-hydrogen) atoms. The summed E-state index contributed by atoms with van der Waals surface area (Å²) in [7, 11) is 1.41. The monoisotopic (exact) mass is 212 g/mol. The van der Waals surface area contributed by atoms with Crippen molar-refractivity contribution in [3.05, 3.63) is 34.3 Å². The van der Waals surface area contributed by atoms with E-state index in [1.54, 1.807) is 12.1 Å². The average molecular weight is 213 g/mol. The molecule has 0 aliphatic heterocycles. The fourth-order valence-electron chi connectivity index (χ4n) is 0.964. The second-order valence-corrected chi connectivity index (χ2v) is 2.95. The topological polar surface area (TPSA) is 64.7 Å². The first-order chi connectivity index (χ1) is 6.65. The Morgan fingerprint density at radius 2 is 2.36 bits per heavy atom. The molecule has 0 aliphatic carbocycles. The van der Waals surface area contributed by atoms with Crippen molar-refractivity contribution in [3.63, 3.8) is 0 Å². The highest BCUT2D eigenvalue weighted by Crippen LogP contribution is 2.14. The van der Waals surface area contributed by atoms with Crippen LogP contribution in [0.5, 0.6) is 0 Å². The molecule has 5 heteroatoms. The minimum absolute atomic E-state index is 0.318. The summed E-state index contributed by atoms with van der Waals surface area (Å²) < 4.78 is 0. The number of nitrogens with two attached hydrogens (primary N) is 1. The summed E-state index contributed by atoms with van der Waals surface area (Å²) in [6.07, 6.45) is 1.40. The number of carbonyl (C=O) groups excluding carboxylic acids is 1. The van der Waals surface area contributed by atoms with E-state index >= 15 is 0 Å². The molecule has 1 rings (SSSR count). The van der Waals surface area contributed by atoms with Gasteiger partial charge in [0.25, 0.3) is 0 Å². The maximum absolute atomic E-state index is 11.0. The Labute approximate surface area is 86.3 Å². The third-order valence-corrected chi connectivity index (χ3v) is 1.81. The van der Waals surface area contributed by atoms with Crippen molar-refractivity contribution in [1.29, 1.82) is 0 Å². The van der Waals surface area contributed by atoms with Gasteiger partial charge in [-0.2, -0.15) is 0 Å². The lowest BCUT2D eigenvalue weighted by atomic mass is 10.1. The summed E-state index contributed by atoms with van der Waals surface area (Å²) >= 11 is 5.71. The van der Waals surface area contributed by atoms with E-state index in [1.807, 2.05) is 0 Å². The van der Waals surface area contributed by atoms with Crippen LogP contribution in [0.4, 0.5) is 0 Å². The molecule has 0 unspecified atom stereocenters. The van der Waals surface area contributed by atoms with E-state index in [0.29, 0.717) is 16.1 Å². The SMILES string of the molecule is CON=Cc1ccc(Cl)cc1C(N)=O. The van der Waals surface area contributed by atoms with Gasteiger partial charge in [0, 0.05) is 16.1 Å². The molecule has 2 N–H and O–H groups in total. The van der Waals surface area contributed by atoms with E-state index in [4.69, 9.17) is 17.3 Å². The molecule has 0 atom stereocenters. The fourth-order valence-corrected chi connectivity index (χ4v) is 1.14. The van der Waals surface area contributed by atoms with Crippen molar-refractivity contribution in [2.24, 2.45) is 10.9 Å². The van der Waals surface area contributed by atoms with Crippen LogP contribution in [0, 0.1) is 0 Å². The van der Waals surface area contributed by atoms with Gasteiger partial charge in [0.05, 0.1) is 6.21 Å². The second kappa shape index (κ2) is 4.62. The lowest BCUT2D eigenvalue weighted by Crippen LogP contribution is -2.13. The van der Waals surface area contributed by atoms with Gasteiger partial charge in [-0.15, -0.1) is 0 Å². The summed E-state index contributed by atoms with van der Waals surface area (Å²) in [5, 5.41) is 3.99. The summed E-state index contributed by atoms with van der Waals surface area (Å²) in [5.41, 5.74) is 6.05. The van der Waals surface area contributed by atoms with E-state index in [-0.39, 0.29) is 0 Å². The van der Waals surface area contributed by atoms with Gasteiger partial charge < -0.3 is 10.6 Å². The van der Waals surface area contributed by atoms with E-state index in [2.05, 4.69) is 9.99 Å². The molecule has 0 bridgehead atoms. The number of halogens is 1. The summed E-state index contributed by atoms with van der Waals surface area (Å²) in [6.45, 7) is 0. The number of primary amides is 1. The molecule has 1 amide bonds. The van der Waals surface area contributed by atoms with Crippen LogP contribution in [0.15, 0.2) is 23.4 Å². The first kappa shape index (κ1) is 10.5. The van der Waals surface area contributed by atoms with Crippen LogP contribution in [0.3, 0.4) is 0 Å². The molecule has 0 radical (unpaired) electrons. The number of benzene rings is 1. The van der Waals surface area contributed by atoms with Crippen molar-refractivity contribution in [3.8, 4) is 0 Å². The molecular weight excluding hydrogens is 204 g/mol. The minimum Gasteiger partial charge on any atom is -0.399 e. The predicted molar refractivity (Wildman–Crippen MR) is 54.6 cm³/mol. The third kappa shape index (κ3) is 2.47. The normalized spacial score (nSPS) is 10.4. The first-order valence-corrected chi connectivity index (χ1v) is 4.19. The van der Waals surface area contributed by atoms with E-state index in [0.717, 1.165) is 0 Å². The maximum Gasteiger partial charge on any atom is 0.249 e. The zero-order valence-electron chi connectivity index (χ0n) is 7.53. The highest BCUT2D eigenvalue weighted by Gasteiger charge is 2.06. The van der Waals surface area contributed by atoms with Crippen molar-refractivity contribution in [1.82, 2.24) is 0 Å². The van der Waals surface area contributed by atoms with Gasteiger partial charge in [-0.1, -0.05) is 22.8 Å². The largest absolute Gasteiger partial charge is 0.399 e. The first-order valence-electron chi connectivity index (χ1n) is 3.81. The van der Waals surface area contributed by atoms with Crippen molar-refractivity contribution < 1.29 is 9.63 Å². The molecule has 0 spiro atoms. The molecule has 0 heterocycles. The zero-order chi connectivity index (χ0) is 10.6. The van der Waals surface area contributed by atoms with Crippen LogP contribution in [-0.4, -0.2) is 19.2 Å². The van der Waals surface area contributed by atoms with Crippen LogP contribution in [0.1, 0.15) is 15.9 Å².